The minimum Gasteiger partial charge on any atom is -0.487 e. The number of halogens is 2. The van der Waals surface area contributed by atoms with E-state index >= 15 is 0 Å². The molecule has 2 rings (SSSR count). The third-order valence-corrected chi connectivity index (χ3v) is 3.60. The lowest BCUT2D eigenvalue weighted by molar-refractivity contribution is 0.259. The van der Waals surface area contributed by atoms with Crippen molar-refractivity contribution < 1.29 is 9.84 Å². The van der Waals surface area contributed by atoms with Crippen LogP contribution in [0, 0.1) is 18.3 Å². The molecule has 0 fully saturated rings. The average Bonchev–Trinajstić information content (AvgIpc) is 2.46. The first kappa shape index (κ1) is 15.7. The SMILES string of the molecule is Cc1cc(C#N)ccc1COc1c(Cl)cc(Cl)cc1CO. The fourth-order valence-electron chi connectivity index (χ4n) is 1.97. The van der Waals surface area contributed by atoms with E-state index in [1.165, 1.54) is 0 Å². The molecule has 5 heteroatoms. The van der Waals surface area contributed by atoms with Gasteiger partial charge >= 0.3 is 0 Å². The minimum absolute atomic E-state index is 0.206. The number of nitrogens with zero attached hydrogens (tertiary/aromatic N) is 1. The topological polar surface area (TPSA) is 53.2 Å². The second-order valence-electron chi connectivity index (χ2n) is 4.58. The number of nitriles is 1. The summed E-state index contributed by atoms with van der Waals surface area (Å²) >= 11 is 12.0. The molecule has 0 amide bonds. The van der Waals surface area contributed by atoms with Crippen LogP contribution in [0.15, 0.2) is 30.3 Å². The van der Waals surface area contributed by atoms with Crippen LogP contribution in [0.2, 0.25) is 10.0 Å². The van der Waals surface area contributed by atoms with Gasteiger partial charge in [0, 0.05) is 10.6 Å². The van der Waals surface area contributed by atoms with Crippen LogP contribution in [-0.2, 0) is 13.2 Å². The molecule has 0 unspecified atom stereocenters. The van der Waals surface area contributed by atoms with Gasteiger partial charge in [-0.15, -0.1) is 0 Å². The van der Waals surface area contributed by atoms with E-state index in [0.29, 0.717) is 33.5 Å². The molecule has 2 aromatic rings. The summed E-state index contributed by atoms with van der Waals surface area (Å²) in [6, 6.07) is 10.7. The zero-order valence-electron chi connectivity index (χ0n) is 11.4. The highest BCUT2D eigenvalue weighted by Crippen LogP contribution is 2.33. The van der Waals surface area contributed by atoms with Crippen molar-refractivity contribution in [3.05, 3.63) is 62.6 Å². The van der Waals surface area contributed by atoms with Crippen LogP contribution in [0.1, 0.15) is 22.3 Å². The number of aliphatic hydroxyl groups excluding tert-OH is 1. The highest BCUT2D eigenvalue weighted by Gasteiger charge is 2.11. The number of hydrogen-bond acceptors (Lipinski definition) is 3. The summed E-state index contributed by atoms with van der Waals surface area (Å²) in [7, 11) is 0. The second kappa shape index (κ2) is 6.82. The summed E-state index contributed by atoms with van der Waals surface area (Å²) in [6.07, 6.45) is 0. The van der Waals surface area contributed by atoms with E-state index in [1.54, 1.807) is 24.3 Å². The van der Waals surface area contributed by atoms with Gasteiger partial charge < -0.3 is 9.84 Å². The molecule has 0 aliphatic rings. The molecular formula is C16H13Cl2NO2. The zero-order chi connectivity index (χ0) is 15.4. The van der Waals surface area contributed by atoms with Crippen molar-refractivity contribution in [1.82, 2.24) is 0 Å². The first-order chi connectivity index (χ1) is 10.0. The van der Waals surface area contributed by atoms with Crippen molar-refractivity contribution >= 4 is 23.2 Å². The van der Waals surface area contributed by atoms with Gasteiger partial charge in [0.2, 0.25) is 0 Å². The van der Waals surface area contributed by atoms with Gasteiger partial charge in [0.05, 0.1) is 23.3 Å². The molecule has 0 aliphatic heterocycles. The summed E-state index contributed by atoms with van der Waals surface area (Å²) in [6.45, 7) is 2.00. The Bertz CT molecular complexity index is 708. The molecule has 0 atom stereocenters. The van der Waals surface area contributed by atoms with Gasteiger partial charge in [0.1, 0.15) is 12.4 Å². The van der Waals surface area contributed by atoms with Crippen molar-refractivity contribution in [1.29, 1.82) is 5.26 Å². The third-order valence-electron chi connectivity index (χ3n) is 3.10. The standard InChI is InChI=1S/C16H13Cl2NO2/c1-10-4-11(7-19)2-3-12(10)9-21-16-13(8-20)5-14(17)6-15(16)18/h2-6,20H,8-9H2,1H3. The van der Waals surface area contributed by atoms with E-state index in [4.69, 9.17) is 33.2 Å². The van der Waals surface area contributed by atoms with Crippen LogP contribution in [0.3, 0.4) is 0 Å². The van der Waals surface area contributed by atoms with Gasteiger partial charge in [-0.25, -0.2) is 0 Å². The van der Waals surface area contributed by atoms with E-state index in [1.807, 2.05) is 13.0 Å². The van der Waals surface area contributed by atoms with Crippen molar-refractivity contribution in [3.63, 3.8) is 0 Å². The molecule has 21 heavy (non-hydrogen) atoms. The van der Waals surface area contributed by atoms with Crippen molar-refractivity contribution in [3.8, 4) is 11.8 Å². The molecule has 1 N–H and O–H groups in total. The number of rotatable bonds is 4. The van der Waals surface area contributed by atoms with Crippen molar-refractivity contribution in [2.45, 2.75) is 20.1 Å². The Morgan fingerprint density at radius 3 is 2.57 bits per heavy atom. The van der Waals surface area contributed by atoms with E-state index in [0.717, 1.165) is 11.1 Å². The average molecular weight is 322 g/mol. The van der Waals surface area contributed by atoms with Crippen LogP contribution in [0.4, 0.5) is 0 Å². The maximum absolute atomic E-state index is 9.35. The molecule has 0 saturated heterocycles. The minimum atomic E-state index is -0.206. The molecule has 2 aromatic carbocycles. The van der Waals surface area contributed by atoms with Crippen LogP contribution >= 0.6 is 23.2 Å². The molecule has 3 nitrogen and oxygen atoms in total. The number of benzene rings is 2. The van der Waals surface area contributed by atoms with Crippen LogP contribution < -0.4 is 4.74 Å². The van der Waals surface area contributed by atoms with E-state index < -0.39 is 0 Å². The summed E-state index contributed by atoms with van der Waals surface area (Å²) in [5, 5.41) is 19.0. The molecule has 0 saturated carbocycles. The molecule has 0 heterocycles. The first-order valence-electron chi connectivity index (χ1n) is 6.26. The molecule has 0 aromatic heterocycles. The van der Waals surface area contributed by atoms with E-state index in [2.05, 4.69) is 6.07 Å². The lowest BCUT2D eigenvalue weighted by Gasteiger charge is -2.14. The number of aryl methyl sites for hydroxylation is 1. The lowest BCUT2D eigenvalue weighted by Crippen LogP contribution is -2.01. The van der Waals surface area contributed by atoms with Crippen molar-refractivity contribution in [2.24, 2.45) is 0 Å². The Balaban J connectivity index is 2.23. The van der Waals surface area contributed by atoms with Crippen LogP contribution in [-0.4, -0.2) is 5.11 Å². The lowest BCUT2D eigenvalue weighted by atomic mass is 10.1. The van der Waals surface area contributed by atoms with Crippen LogP contribution in [0.5, 0.6) is 5.75 Å². The fourth-order valence-corrected chi connectivity index (χ4v) is 2.56. The Kier molecular flexibility index (Phi) is 5.08. The monoisotopic (exact) mass is 321 g/mol. The van der Waals surface area contributed by atoms with Gasteiger partial charge in [-0.2, -0.15) is 5.26 Å². The summed E-state index contributed by atoms with van der Waals surface area (Å²) in [5.74, 6) is 0.423. The molecular weight excluding hydrogens is 309 g/mol. The quantitative estimate of drug-likeness (QED) is 0.916. The Hall–Kier alpha value is -1.73. The number of aliphatic hydroxyl groups is 1. The number of hydrogen-bond donors (Lipinski definition) is 1. The van der Waals surface area contributed by atoms with E-state index in [-0.39, 0.29) is 6.61 Å². The van der Waals surface area contributed by atoms with Gasteiger partial charge in [-0.05, 0) is 42.3 Å². The Morgan fingerprint density at radius 1 is 1.19 bits per heavy atom. The van der Waals surface area contributed by atoms with Gasteiger partial charge in [-0.1, -0.05) is 29.3 Å². The normalized spacial score (nSPS) is 10.2. The van der Waals surface area contributed by atoms with Gasteiger partial charge in [-0.3, -0.25) is 0 Å². The summed E-state index contributed by atoms with van der Waals surface area (Å²) in [4.78, 5) is 0. The Morgan fingerprint density at radius 2 is 1.95 bits per heavy atom. The summed E-state index contributed by atoms with van der Waals surface area (Å²) < 4.78 is 5.72. The Labute approximate surface area is 133 Å². The highest BCUT2D eigenvalue weighted by atomic mass is 35.5. The molecule has 0 aliphatic carbocycles. The van der Waals surface area contributed by atoms with Crippen LogP contribution in [0.25, 0.3) is 0 Å². The first-order valence-corrected chi connectivity index (χ1v) is 7.02. The van der Waals surface area contributed by atoms with Gasteiger partial charge in [0.25, 0.3) is 0 Å². The molecule has 0 bridgehead atoms. The second-order valence-corrected chi connectivity index (χ2v) is 5.42. The maximum Gasteiger partial charge on any atom is 0.144 e. The van der Waals surface area contributed by atoms with Crippen molar-refractivity contribution in [2.75, 3.05) is 0 Å². The van der Waals surface area contributed by atoms with E-state index in [9.17, 15) is 5.11 Å². The third kappa shape index (κ3) is 3.68. The number of ether oxygens (including phenoxy) is 1. The largest absolute Gasteiger partial charge is 0.487 e. The molecule has 0 radical (unpaired) electrons. The predicted molar refractivity (Wildman–Crippen MR) is 82.6 cm³/mol. The smallest absolute Gasteiger partial charge is 0.144 e. The van der Waals surface area contributed by atoms with Gasteiger partial charge in [0.15, 0.2) is 0 Å². The zero-order valence-corrected chi connectivity index (χ0v) is 12.9. The maximum atomic E-state index is 9.35. The predicted octanol–water partition coefficient (Wildman–Crippen LogP) is 4.24. The fraction of sp³-hybridized carbons (Fsp3) is 0.188. The highest BCUT2D eigenvalue weighted by molar-refractivity contribution is 6.35. The summed E-state index contributed by atoms with van der Waals surface area (Å²) in [5.41, 5.74) is 3.06. The molecule has 108 valence electrons. The molecule has 0 spiro atoms.